The molecule has 1 unspecified atom stereocenters. The number of esters is 1. The molecule has 1 N–H and O–H groups in total. The molecular formula is C39H30F2N2O7S. The standard InChI is InChI=1S/C31H23FN2O5S.C8H7FO2/c1-37-28-14-7-20(16-25(28)32)15-24-29(21-8-13-26-27(17-21)34-40-33-26)30(35)39-31(24,36)22-9-11-23(12-10-22)38-18-19-5-3-2-4-6-19;1-11-8-3-2-6(5-10)4-7(8)9/h2-14,16-17,36H,15,18H2,1H3;2-5H,1H3. The van der Waals surface area contributed by atoms with Crippen molar-refractivity contribution >= 4 is 40.6 Å². The summed E-state index contributed by atoms with van der Waals surface area (Å²) >= 11 is 1.07. The summed E-state index contributed by atoms with van der Waals surface area (Å²) < 4.78 is 57.1. The van der Waals surface area contributed by atoms with E-state index < -0.39 is 23.4 Å². The molecule has 0 saturated heterocycles. The third kappa shape index (κ3) is 7.62. The molecule has 7 rings (SSSR count). The smallest absolute Gasteiger partial charge is 0.342 e. The fourth-order valence-corrected chi connectivity index (χ4v) is 6.03. The fourth-order valence-electron chi connectivity index (χ4n) is 5.51. The van der Waals surface area contributed by atoms with Gasteiger partial charge in [0.05, 0.1) is 31.5 Å². The number of methoxy groups -OCH3 is 2. The molecule has 2 heterocycles. The van der Waals surface area contributed by atoms with E-state index in [-0.39, 0.29) is 29.1 Å². The molecule has 1 aromatic heterocycles. The first-order chi connectivity index (χ1) is 24.7. The largest absolute Gasteiger partial charge is 0.494 e. The summed E-state index contributed by atoms with van der Waals surface area (Å²) in [4.78, 5) is 23.5. The Hall–Kier alpha value is -5.98. The number of halogens is 2. The molecular weight excluding hydrogens is 678 g/mol. The van der Waals surface area contributed by atoms with Gasteiger partial charge in [0.1, 0.15) is 29.7 Å². The SMILES string of the molecule is COc1ccc(C=O)cc1F.COc1ccc(CC2=C(c3ccc4nsnc4c3)C(=O)OC2(O)c2ccc(OCc3ccccc3)cc2)cc1F. The van der Waals surface area contributed by atoms with Gasteiger partial charge in [-0.2, -0.15) is 8.75 Å². The van der Waals surface area contributed by atoms with Gasteiger partial charge in [0, 0.05) is 23.1 Å². The van der Waals surface area contributed by atoms with E-state index in [2.05, 4.69) is 13.5 Å². The highest BCUT2D eigenvalue weighted by Crippen LogP contribution is 2.45. The Bertz CT molecular complexity index is 2230. The predicted octanol–water partition coefficient (Wildman–Crippen LogP) is 7.46. The summed E-state index contributed by atoms with van der Waals surface area (Å²) in [6, 6.07) is 30.3. The zero-order chi connectivity index (χ0) is 36.0. The molecule has 0 bridgehead atoms. The maximum atomic E-state index is 14.6. The zero-order valence-electron chi connectivity index (χ0n) is 27.3. The lowest BCUT2D eigenvalue weighted by atomic mass is 9.88. The number of carbonyl (C=O) groups is 2. The predicted molar refractivity (Wildman–Crippen MR) is 187 cm³/mol. The van der Waals surface area contributed by atoms with Gasteiger partial charge < -0.3 is 24.1 Å². The van der Waals surface area contributed by atoms with E-state index in [9.17, 15) is 23.5 Å². The second-order valence-corrected chi connectivity index (χ2v) is 11.8. The minimum atomic E-state index is -2.09. The summed E-state index contributed by atoms with van der Waals surface area (Å²) in [6.07, 6.45) is 0.626. The maximum Gasteiger partial charge on any atom is 0.342 e. The van der Waals surface area contributed by atoms with Crippen molar-refractivity contribution in [3.8, 4) is 17.2 Å². The van der Waals surface area contributed by atoms with E-state index in [0.29, 0.717) is 51.9 Å². The van der Waals surface area contributed by atoms with E-state index in [4.69, 9.17) is 14.2 Å². The number of hydrogen-bond acceptors (Lipinski definition) is 10. The number of benzene rings is 5. The molecule has 0 amide bonds. The van der Waals surface area contributed by atoms with Gasteiger partial charge in [-0.25, -0.2) is 13.6 Å². The average Bonchev–Trinajstić information content (AvgIpc) is 3.72. The Morgan fingerprint density at radius 1 is 0.804 bits per heavy atom. The number of ether oxygens (including phenoxy) is 4. The van der Waals surface area contributed by atoms with Crippen molar-refractivity contribution in [2.24, 2.45) is 0 Å². The van der Waals surface area contributed by atoms with Crippen LogP contribution in [0.2, 0.25) is 0 Å². The van der Waals surface area contributed by atoms with Crippen molar-refractivity contribution in [2.45, 2.75) is 18.8 Å². The molecule has 9 nitrogen and oxygen atoms in total. The second-order valence-electron chi connectivity index (χ2n) is 11.3. The van der Waals surface area contributed by atoms with Crippen molar-refractivity contribution in [3.63, 3.8) is 0 Å². The number of hydrogen-bond donors (Lipinski definition) is 1. The molecule has 0 fully saturated rings. The number of aliphatic hydroxyl groups is 1. The maximum absolute atomic E-state index is 14.6. The van der Waals surface area contributed by atoms with Crippen LogP contribution in [0, 0.1) is 11.6 Å². The molecule has 0 radical (unpaired) electrons. The lowest BCUT2D eigenvalue weighted by molar-refractivity contribution is -0.185. The first-order valence-corrected chi connectivity index (χ1v) is 16.3. The van der Waals surface area contributed by atoms with Crippen LogP contribution in [-0.2, 0) is 28.3 Å². The molecule has 1 aliphatic rings. The first-order valence-electron chi connectivity index (χ1n) is 15.5. The van der Waals surface area contributed by atoms with Gasteiger partial charge in [0.2, 0.25) is 0 Å². The highest BCUT2D eigenvalue weighted by molar-refractivity contribution is 7.00. The lowest BCUT2D eigenvalue weighted by Crippen LogP contribution is -2.29. The molecule has 51 heavy (non-hydrogen) atoms. The molecule has 5 aromatic carbocycles. The van der Waals surface area contributed by atoms with E-state index in [1.165, 1.54) is 38.5 Å². The van der Waals surface area contributed by atoms with Crippen LogP contribution >= 0.6 is 11.7 Å². The summed E-state index contributed by atoms with van der Waals surface area (Å²) in [5.41, 5.74) is 4.50. The van der Waals surface area contributed by atoms with Gasteiger partial charge >= 0.3 is 5.97 Å². The minimum absolute atomic E-state index is 0.0398. The molecule has 6 aromatic rings. The van der Waals surface area contributed by atoms with Crippen LogP contribution < -0.4 is 14.2 Å². The molecule has 0 saturated carbocycles. The van der Waals surface area contributed by atoms with Crippen LogP contribution in [0.3, 0.4) is 0 Å². The minimum Gasteiger partial charge on any atom is -0.494 e. The van der Waals surface area contributed by atoms with Crippen molar-refractivity contribution < 1.29 is 42.4 Å². The Labute approximate surface area is 295 Å². The number of aromatic nitrogens is 2. The van der Waals surface area contributed by atoms with Crippen LogP contribution in [0.25, 0.3) is 16.6 Å². The Kier molecular flexibility index (Phi) is 10.4. The summed E-state index contributed by atoms with van der Waals surface area (Å²) in [5, 5.41) is 11.9. The molecule has 1 aliphatic heterocycles. The highest BCUT2D eigenvalue weighted by Gasteiger charge is 2.48. The number of aldehydes is 1. The summed E-state index contributed by atoms with van der Waals surface area (Å²) in [7, 11) is 2.76. The number of carbonyl (C=O) groups excluding carboxylic acids is 2. The van der Waals surface area contributed by atoms with Crippen LogP contribution in [0.5, 0.6) is 17.2 Å². The fraction of sp³-hybridized carbons (Fsp3) is 0.128. The van der Waals surface area contributed by atoms with E-state index in [0.717, 1.165) is 23.4 Å². The quantitative estimate of drug-likeness (QED) is 0.114. The number of nitrogens with zero attached hydrogens (tertiary/aromatic N) is 2. The molecule has 12 heteroatoms. The average molecular weight is 709 g/mol. The first kappa shape index (κ1) is 34.9. The topological polar surface area (TPSA) is 117 Å². The molecule has 258 valence electrons. The van der Waals surface area contributed by atoms with Gasteiger partial charge in [0.25, 0.3) is 5.79 Å². The molecule has 1 atom stereocenters. The van der Waals surface area contributed by atoms with Crippen LogP contribution in [0.1, 0.15) is 32.6 Å². The van der Waals surface area contributed by atoms with Crippen molar-refractivity contribution in [1.29, 1.82) is 0 Å². The molecule has 0 aliphatic carbocycles. The Morgan fingerprint density at radius 2 is 1.49 bits per heavy atom. The van der Waals surface area contributed by atoms with Gasteiger partial charge in [-0.1, -0.05) is 42.5 Å². The van der Waals surface area contributed by atoms with E-state index in [1.54, 1.807) is 48.5 Å². The van der Waals surface area contributed by atoms with Crippen molar-refractivity contribution in [3.05, 3.63) is 154 Å². The van der Waals surface area contributed by atoms with Crippen LogP contribution in [-0.4, -0.2) is 40.3 Å². The zero-order valence-corrected chi connectivity index (χ0v) is 28.2. The Balaban J connectivity index is 0.000000349. The molecule has 0 spiro atoms. The summed E-state index contributed by atoms with van der Waals surface area (Å²) in [6.45, 7) is 0.381. The monoisotopic (exact) mass is 708 g/mol. The van der Waals surface area contributed by atoms with Gasteiger partial charge in [-0.05, 0) is 83.4 Å². The van der Waals surface area contributed by atoms with E-state index in [1.807, 2.05) is 30.3 Å². The number of fused-ring (bicyclic) bond motifs is 1. The summed E-state index contributed by atoms with van der Waals surface area (Å²) in [5.74, 6) is -3.02. The van der Waals surface area contributed by atoms with Crippen molar-refractivity contribution in [1.82, 2.24) is 8.75 Å². The highest BCUT2D eigenvalue weighted by atomic mass is 32.1. The normalized spacial score (nSPS) is 15.2. The number of cyclic esters (lactones) is 1. The Morgan fingerprint density at radius 3 is 2.16 bits per heavy atom. The van der Waals surface area contributed by atoms with Gasteiger partial charge in [-0.15, -0.1) is 0 Å². The van der Waals surface area contributed by atoms with Crippen LogP contribution in [0.4, 0.5) is 8.78 Å². The lowest BCUT2D eigenvalue weighted by Gasteiger charge is -2.26. The van der Waals surface area contributed by atoms with Crippen LogP contribution in [0.15, 0.2) is 115 Å². The van der Waals surface area contributed by atoms with Gasteiger partial charge in [-0.3, -0.25) is 4.79 Å². The third-order valence-electron chi connectivity index (χ3n) is 8.10. The third-order valence-corrected chi connectivity index (χ3v) is 8.66. The van der Waals surface area contributed by atoms with Gasteiger partial charge in [0.15, 0.2) is 23.1 Å². The van der Waals surface area contributed by atoms with Crippen molar-refractivity contribution in [2.75, 3.05) is 14.2 Å². The second kappa shape index (κ2) is 15.3. The number of rotatable bonds is 10. The van der Waals surface area contributed by atoms with E-state index >= 15 is 0 Å².